The van der Waals surface area contributed by atoms with Crippen molar-refractivity contribution in [1.29, 1.82) is 0 Å². The number of hydrogen-bond acceptors (Lipinski definition) is 4. The molecule has 1 aliphatic rings. The second-order valence-electron chi connectivity index (χ2n) is 7.49. The lowest BCUT2D eigenvalue weighted by molar-refractivity contribution is -0.128. The average molecular weight is 434 g/mol. The van der Waals surface area contributed by atoms with Crippen LogP contribution in [0.4, 0.5) is 15.8 Å². The lowest BCUT2D eigenvalue weighted by atomic mass is 9.98. The second kappa shape index (κ2) is 8.70. The van der Waals surface area contributed by atoms with Gasteiger partial charge in [-0.1, -0.05) is 35.9 Å². The van der Waals surface area contributed by atoms with E-state index in [1.54, 1.807) is 42.5 Å². The van der Waals surface area contributed by atoms with Gasteiger partial charge in [-0.15, -0.1) is 0 Å². The van der Waals surface area contributed by atoms with Gasteiger partial charge in [-0.2, -0.15) is 0 Å². The van der Waals surface area contributed by atoms with Gasteiger partial charge in [0, 0.05) is 17.3 Å². The SMILES string of the molecule is COc1ccc(N2CC(=O)N(c3ccc(C)cc3)[C@@H](c3ccccc3F)C2=O)c(OC)c1. The maximum atomic E-state index is 14.9. The van der Waals surface area contributed by atoms with E-state index in [-0.39, 0.29) is 18.0 Å². The smallest absolute Gasteiger partial charge is 0.255 e. The molecule has 0 radical (unpaired) electrons. The van der Waals surface area contributed by atoms with Gasteiger partial charge in [0.25, 0.3) is 5.91 Å². The lowest BCUT2D eigenvalue weighted by Crippen LogP contribution is -2.56. The maximum Gasteiger partial charge on any atom is 0.255 e. The molecule has 3 aromatic rings. The number of methoxy groups -OCH3 is 2. The molecule has 1 fully saturated rings. The monoisotopic (exact) mass is 434 g/mol. The highest BCUT2D eigenvalue weighted by atomic mass is 19.1. The fraction of sp³-hybridized carbons (Fsp3) is 0.200. The van der Waals surface area contributed by atoms with Crippen molar-refractivity contribution < 1.29 is 23.5 Å². The van der Waals surface area contributed by atoms with Gasteiger partial charge < -0.3 is 9.47 Å². The number of aryl methyl sites for hydroxylation is 1. The minimum atomic E-state index is -1.16. The standard InChI is InChI=1S/C25H23FN2O4/c1-16-8-10-17(11-9-16)28-23(29)15-27(21-13-12-18(31-2)14-22(21)32-3)25(30)24(28)19-6-4-5-7-20(19)26/h4-14,24H,15H2,1-3H3/t24-/m0/s1. The molecule has 6 nitrogen and oxygen atoms in total. The Bertz CT molecular complexity index is 1160. The molecule has 2 amide bonds. The van der Waals surface area contributed by atoms with Crippen molar-refractivity contribution in [3.63, 3.8) is 0 Å². The van der Waals surface area contributed by atoms with Crippen LogP contribution in [0.3, 0.4) is 0 Å². The zero-order chi connectivity index (χ0) is 22.8. The van der Waals surface area contributed by atoms with Crippen LogP contribution in [0.5, 0.6) is 11.5 Å². The number of amides is 2. The summed E-state index contributed by atoms with van der Waals surface area (Å²) in [5.74, 6) is -0.396. The van der Waals surface area contributed by atoms with Crippen LogP contribution in [0.15, 0.2) is 66.7 Å². The summed E-state index contributed by atoms with van der Waals surface area (Å²) in [4.78, 5) is 29.9. The number of anilines is 2. The molecule has 0 N–H and O–H groups in total. The molecule has 0 unspecified atom stereocenters. The predicted octanol–water partition coefficient (Wildman–Crippen LogP) is 4.27. The van der Waals surface area contributed by atoms with E-state index in [9.17, 15) is 14.0 Å². The first-order valence-corrected chi connectivity index (χ1v) is 10.1. The largest absolute Gasteiger partial charge is 0.497 e. The molecule has 7 heteroatoms. The van der Waals surface area contributed by atoms with Crippen molar-refractivity contribution in [1.82, 2.24) is 0 Å². The number of carbonyl (C=O) groups is 2. The molecule has 32 heavy (non-hydrogen) atoms. The van der Waals surface area contributed by atoms with Gasteiger partial charge in [-0.05, 0) is 37.3 Å². The molecule has 1 saturated heterocycles. The van der Waals surface area contributed by atoms with Gasteiger partial charge in [0.1, 0.15) is 29.9 Å². The number of benzene rings is 3. The van der Waals surface area contributed by atoms with E-state index >= 15 is 0 Å². The van der Waals surface area contributed by atoms with Crippen LogP contribution in [0, 0.1) is 12.7 Å². The topological polar surface area (TPSA) is 59.1 Å². The fourth-order valence-electron chi connectivity index (χ4n) is 3.87. The first kappa shape index (κ1) is 21.4. The van der Waals surface area contributed by atoms with E-state index < -0.39 is 17.8 Å². The Balaban J connectivity index is 1.84. The third kappa shape index (κ3) is 3.77. The van der Waals surface area contributed by atoms with Crippen LogP contribution < -0.4 is 19.3 Å². The van der Waals surface area contributed by atoms with Gasteiger partial charge in [-0.25, -0.2) is 4.39 Å². The Hall–Kier alpha value is -3.87. The molecule has 1 aliphatic heterocycles. The minimum absolute atomic E-state index is 0.128. The van der Waals surface area contributed by atoms with Crippen molar-refractivity contribution in [3.8, 4) is 11.5 Å². The summed E-state index contributed by atoms with van der Waals surface area (Å²) in [6.07, 6.45) is 0. The zero-order valence-electron chi connectivity index (χ0n) is 18.0. The first-order valence-electron chi connectivity index (χ1n) is 10.1. The van der Waals surface area contributed by atoms with Crippen molar-refractivity contribution in [2.75, 3.05) is 30.6 Å². The highest BCUT2D eigenvalue weighted by Crippen LogP contribution is 2.39. The van der Waals surface area contributed by atoms with E-state index in [0.29, 0.717) is 22.9 Å². The number of piperazine rings is 1. The van der Waals surface area contributed by atoms with Crippen molar-refractivity contribution in [2.24, 2.45) is 0 Å². The van der Waals surface area contributed by atoms with E-state index in [1.807, 2.05) is 19.1 Å². The van der Waals surface area contributed by atoms with Crippen molar-refractivity contribution in [2.45, 2.75) is 13.0 Å². The van der Waals surface area contributed by atoms with Crippen molar-refractivity contribution >= 4 is 23.2 Å². The molecular weight excluding hydrogens is 411 g/mol. The molecule has 0 bridgehead atoms. The number of hydrogen-bond donors (Lipinski definition) is 0. The fourth-order valence-corrected chi connectivity index (χ4v) is 3.87. The number of carbonyl (C=O) groups excluding carboxylic acids is 2. The van der Waals surface area contributed by atoms with Crippen LogP contribution in [0.2, 0.25) is 0 Å². The Morgan fingerprint density at radius 1 is 0.938 bits per heavy atom. The molecule has 1 heterocycles. The van der Waals surface area contributed by atoms with Crippen LogP contribution in [-0.2, 0) is 9.59 Å². The summed E-state index contributed by atoms with van der Waals surface area (Å²) < 4.78 is 25.5. The molecule has 0 aromatic heterocycles. The van der Waals surface area contributed by atoms with Crippen LogP contribution in [-0.4, -0.2) is 32.6 Å². The Kier molecular flexibility index (Phi) is 5.81. The summed E-state index contributed by atoms with van der Waals surface area (Å²) in [6.45, 7) is 1.72. The van der Waals surface area contributed by atoms with Crippen LogP contribution in [0.25, 0.3) is 0 Å². The second-order valence-corrected chi connectivity index (χ2v) is 7.49. The van der Waals surface area contributed by atoms with Gasteiger partial charge >= 0.3 is 0 Å². The van der Waals surface area contributed by atoms with Gasteiger partial charge in [0.2, 0.25) is 5.91 Å². The number of nitrogens with zero attached hydrogens (tertiary/aromatic N) is 2. The van der Waals surface area contributed by atoms with Crippen LogP contribution in [0.1, 0.15) is 17.2 Å². The summed E-state index contributed by atoms with van der Waals surface area (Å²) in [7, 11) is 3.00. The highest BCUT2D eigenvalue weighted by Gasteiger charge is 2.43. The maximum absolute atomic E-state index is 14.9. The lowest BCUT2D eigenvalue weighted by Gasteiger charge is -2.40. The zero-order valence-corrected chi connectivity index (χ0v) is 18.0. The summed E-state index contributed by atoms with van der Waals surface area (Å²) in [6, 6.07) is 17.1. The summed E-state index contributed by atoms with van der Waals surface area (Å²) in [5.41, 5.74) is 2.08. The van der Waals surface area contributed by atoms with Gasteiger partial charge in [0.15, 0.2) is 0 Å². The normalized spacial score (nSPS) is 16.3. The first-order chi connectivity index (χ1) is 15.4. The summed E-state index contributed by atoms with van der Waals surface area (Å²) >= 11 is 0. The number of rotatable bonds is 5. The van der Waals surface area contributed by atoms with E-state index in [4.69, 9.17) is 9.47 Å². The third-order valence-electron chi connectivity index (χ3n) is 5.51. The van der Waals surface area contributed by atoms with Gasteiger partial charge in [-0.3, -0.25) is 19.4 Å². The molecule has 1 atom stereocenters. The number of halogens is 1. The van der Waals surface area contributed by atoms with E-state index in [2.05, 4.69) is 0 Å². The summed E-state index contributed by atoms with van der Waals surface area (Å²) in [5, 5.41) is 0. The van der Waals surface area contributed by atoms with E-state index in [1.165, 1.54) is 36.2 Å². The molecule has 3 aromatic carbocycles. The Morgan fingerprint density at radius 3 is 2.31 bits per heavy atom. The average Bonchev–Trinajstić information content (AvgIpc) is 2.81. The molecule has 0 spiro atoms. The molecule has 4 rings (SSSR count). The molecular formula is C25H23FN2O4. The quantitative estimate of drug-likeness (QED) is 0.602. The van der Waals surface area contributed by atoms with Gasteiger partial charge in [0.05, 0.1) is 19.9 Å². The van der Waals surface area contributed by atoms with E-state index in [0.717, 1.165) is 5.56 Å². The number of ether oxygens (including phenoxy) is 2. The molecule has 164 valence electrons. The molecule has 0 aliphatic carbocycles. The van der Waals surface area contributed by atoms with Crippen LogP contribution >= 0.6 is 0 Å². The minimum Gasteiger partial charge on any atom is -0.497 e. The molecule has 0 saturated carbocycles. The van der Waals surface area contributed by atoms with Crippen molar-refractivity contribution in [3.05, 3.63) is 83.7 Å². The third-order valence-corrected chi connectivity index (χ3v) is 5.51. The predicted molar refractivity (Wildman–Crippen MR) is 120 cm³/mol. The Labute approximate surface area is 185 Å². The highest BCUT2D eigenvalue weighted by molar-refractivity contribution is 6.15. The Morgan fingerprint density at radius 2 is 1.66 bits per heavy atom.